The number of benzene rings is 1. The molecule has 3 saturated carbocycles. The highest BCUT2D eigenvalue weighted by molar-refractivity contribution is 7.86. The van der Waals surface area contributed by atoms with Gasteiger partial charge in [0.15, 0.2) is 11.1 Å². The molecule has 4 rings (SSSR count). The number of rotatable bonds is 15. The van der Waals surface area contributed by atoms with Gasteiger partial charge in [-0.1, -0.05) is 96.3 Å². The van der Waals surface area contributed by atoms with Crippen molar-refractivity contribution in [2.24, 2.45) is 17.8 Å². The van der Waals surface area contributed by atoms with E-state index in [-0.39, 0.29) is 37.6 Å². The summed E-state index contributed by atoms with van der Waals surface area (Å²) < 4.78 is 51.9. The van der Waals surface area contributed by atoms with E-state index < -0.39 is 70.8 Å². The Bertz CT molecular complexity index is 1420. The molecule has 0 spiro atoms. The molecule has 0 unspecified atom stereocenters. The fraction of sp³-hybridized carbons (Fsp3) is 0.727. The van der Waals surface area contributed by atoms with Gasteiger partial charge in [0.05, 0.1) is 29.7 Å². The molecule has 49 heavy (non-hydrogen) atoms. The molecule has 15 nitrogen and oxygen atoms in total. The highest BCUT2D eigenvalue weighted by atomic mass is 32.2. The van der Waals surface area contributed by atoms with Crippen LogP contribution in [0.3, 0.4) is 0 Å². The van der Waals surface area contributed by atoms with Gasteiger partial charge in [0.25, 0.3) is 10.1 Å². The number of ether oxygens (including phenoxy) is 3. The molecule has 16 heteroatoms. The van der Waals surface area contributed by atoms with Crippen molar-refractivity contribution in [1.29, 1.82) is 0 Å². The summed E-state index contributed by atoms with van der Waals surface area (Å²) in [7, 11) is -5.79. The molecule has 3 fully saturated rings. The van der Waals surface area contributed by atoms with Gasteiger partial charge in [0.1, 0.15) is 4.90 Å². The van der Waals surface area contributed by atoms with Crippen LogP contribution in [0.25, 0.3) is 0 Å². The Morgan fingerprint density at radius 1 is 0.571 bits per heavy atom. The van der Waals surface area contributed by atoms with Crippen molar-refractivity contribution in [3.05, 3.63) is 36.9 Å². The number of esters is 3. The summed E-state index contributed by atoms with van der Waals surface area (Å²) in [6, 6.07) is 0. The smallest absolute Gasteiger partial charge is 0.352 e. The van der Waals surface area contributed by atoms with E-state index in [1.165, 1.54) is 0 Å². The average Bonchev–Trinajstić information content (AvgIpc) is 3.07. The van der Waals surface area contributed by atoms with Crippen molar-refractivity contribution in [3.63, 3.8) is 0 Å². The summed E-state index contributed by atoms with van der Waals surface area (Å²) in [6.45, 7) is -0.879. The van der Waals surface area contributed by atoms with Crippen molar-refractivity contribution in [2.75, 3.05) is 19.8 Å². The van der Waals surface area contributed by atoms with Gasteiger partial charge in [-0.25, -0.2) is 14.4 Å². The van der Waals surface area contributed by atoms with E-state index in [1.807, 2.05) is 0 Å². The third-order valence-electron chi connectivity index (χ3n) is 10.1. The predicted molar refractivity (Wildman–Crippen MR) is 174 cm³/mol. The third kappa shape index (κ3) is 10.2. The Morgan fingerprint density at radius 3 is 1.12 bits per heavy atom. The van der Waals surface area contributed by atoms with Crippen molar-refractivity contribution in [3.8, 4) is 0 Å². The molecular formula is C33H46N2O13S. The summed E-state index contributed by atoms with van der Waals surface area (Å²) in [6.07, 6.45) is 15.3. The lowest BCUT2D eigenvalue weighted by Crippen LogP contribution is -2.25. The van der Waals surface area contributed by atoms with Gasteiger partial charge in [-0.2, -0.15) is 8.42 Å². The van der Waals surface area contributed by atoms with E-state index in [2.05, 4.69) is 0 Å². The van der Waals surface area contributed by atoms with Crippen molar-refractivity contribution in [2.45, 2.75) is 120 Å². The Labute approximate surface area is 285 Å². The van der Waals surface area contributed by atoms with Gasteiger partial charge in [-0.15, -0.1) is 0 Å². The minimum atomic E-state index is -5.79. The maximum absolute atomic E-state index is 13.6. The van der Waals surface area contributed by atoms with Crippen molar-refractivity contribution in [1.82, 2.24) is 0 Å². The molecule has 0 radical (unpaired) electrons. The largest absolute Gasteiger partial charge is 0.462 e. The molecule has 0 bridgehead atoms. The zero-order chi connectivity index (χ0) is 35.6. The summed E-state index contributed by atoms with van der Waals surface area (Å²) in [5.74, 6) is -4.37. The minimum Gasteiger partial charge on any atom is -0.462 e. The first-order valence-corrected chi connectivity index (χ1v) is 18.9. The Balaban J connectivity index is 1.79. The van der Waals surface area contributed by atoms with Crippen LogP contribution in [0, 0.1) is 38.0 Å². The van der Waals surface area contributed by atoms with E-state index >= 15 is 0 Å². The molecule has 3 aliphatic carbocycles. The lowest BCUT2D eigenvalue weighted by atomic mass is 9.87. The van der Waals surface area contributed by atoms with Crippen molar-refractivity contribution >= 4 is 39.4 Å². The predicted octanol–water partition coefficient (Wildman–Crippen LogP) is 7.13. The zero-order valence-electron chi connectivity index (χ0n) is 27.7. The maximum Gasteiger partial charge on any atom is 0.352 e. The first-order chi connectivity index (χ1) is 23.4. The van der Waals surface area contributed by atoms with E-state index in [9.17, 15) is 47.6 Å². The molecule has 3 aliphatic rings. The summed E-state index contributed by atoms with van der Waals surface area (Å²) in [5.41, 5.74) is -7.63. The highest BCUT2D eigenvalue weighted by Crippen LogP contribution is 2.43. The van der Waals surface area contributed by atoms with E-state index in [4.69, 9.17) is 14.2 Å². The monoisotopic (exact) mass is 710 g/mol. The first kappa shape index (κ1) is 38.1. The minimum absolute atomic E-state index is 0.179. The maximum atomic E-state index is 13.6. The Hall–Kier alpha value is -3.66. The number of carbonyl (C=O) groups is 3. The zero-order valence-corrected chi connectivity index (χ0v) is 28.5. The molecular weight excluding hydrogens is 664 g/mol. The standard InChI is InChI=1S/C33H46N2O13S/c36-31(46-19-16-22-10-4-1-5-11-22)25-28(34(39)40)26(32(37)47-20-17-23-12-6-2-7-13-23)30(49(43,44)45)27(29(25)35(41)42)33(38)48-21-18-24-14-8-3-9-15-24/h22-24H,1-21H2,(H,43,44,45). The fourth-order valence-electron chi connectivity index (χ4n) is 7.50. The lowest BCUT2D eigenvalue weighted by molar-refractivity contribution is -0.395. The van der Waals surface area contributed by atoms with Crippen LogP contribution in [0.1, 0.15) is 147 Å². The second kappa shape index (κ2) is 17.8. The van der Waals surface area contributed by atoms with Gasteiger partial charge in [-0.3, -0.25) is 24.8 Å². The molecule has 0 heterocycles. The van der Waals surface area contributed by atoms with Crippen LogP contribution in [0.5, 0.6) is 0 Å². The van der Waals surface area contributed by atoms with Gasteiger partial charge >= 0.3 is 29.3 Å². The molecule has 1 aromatic rings. The molecule has 1 aromatic carbocycles. The Morgan fingerprint density at radius 2 is 0.857 bits per heavy atom. The van der Waals surface area contributed by atoms with Gasteiger partial charge in [-0.05, 0) is 37.0 Å². The molecule has 0 atom stereocenters. The quantitative estimate of drug-likeness (QED) is 0.0630. The second-order valence-corrected chi connectivity index (χ2v) is 14.8. The van der Waals surface area contributed by atoms with E-state index in [1.54, 1.807) is 0 Å². The lowest BCUT2D eigenvalue weighted by Gasteiger charge is -2.22. The summed E-state index contributed by atoms with van der Waals surface area (Å²) in [4.78, 5) is 61.4. The van der Waals surface area contributed by atoms with Crippen molar-refractivity contribution < 1.29 is 51.4 Å². The van der Waals surface area contributed by atoms with Crippen LogP contribution in [0.4, 0.5) is 11.4 Å². The topological polar surface area (TPSA) is 220 Å². The molecule has 0 aromatic heterocycles. The van der Waals surface area contributed by atoms with Crippen LogP contribution in [-0.4, -0.2) is 60.5 Å². The molecule has 272 valence electrons. The SMILES string of the molecule is O=C(OCCC1CCCCC1)c1c([N+](=O)[O-])c(C(=O)OCCC2CCCCC2)c(S(=O)(=O)O)c(C(=O)OCCC2CCCCC2)c1[N+](=O)[O-]. The van der Waals surface area contributed by atoms with Crippen LogP contribution < -0.4 is 0 Å². The molecule has 0 amide bonds. The fourth-order valence-corrected chi connectivity index (χ4v) is 8.37. The second-order valence-electron chi connectivity index (χ2n) is 13.4. The van der Waals surface area contributed by atoms with E-state index in [0.29, 0.717) is 19.3 Å². The van der Waals surface area contributed by atoms with Crippen LogP contribution in [-0.2, 0) is 24.3 Å². The number of carbonyl (C=O) groups excluding carboxylic acids is 3. The number of nitro benzene ring substituents is 2. The number of nitro groups is 2. The molecule has 0 saturated heterocycles. The van der Waals surface area contributed by atoms with Crippen LogP contribution in [0.15, 0.2) is 4.90 Å². The molecule has 1 N–H and O–H groups in total. The number of hydrogen-bond donors (Lipinski definition) is 1. The Kier molecular flexibility index (Phi) is 13.9. The van der Waals surface area contributed by atoms with Gasteiger partial charge < -0.3 is 14.2 Å². The summed E-state index contributed by atoms with van der Waals surface area (Å²) in [5, 5.41) is 25.1. The summed E-state index contributed by atoms with van der Waals surface area (Å²) >= 11 is 0. The first-order valence-electron chi connectivity index (χ1n) is 17.4. The third-order valence-corrected chi connectivity index (χ3v) is 11.0. The average molecular weight is 711 g/mol. The van der Waals surface area contributed by atoms with Crippen LogP contribution in [0.2, 0.25) is 0 Å². The number of nitrogens with zero attached hydrogens (tertiary/aromatic N) is 2. The van der Waals surface area contributed by atoms with Gasteiger partial charge in [0.2, 0.25) is 5.56 Å². The highest BCUT2D eigenvalue weighted by Gasteiger charge is 2.49. The normalized spacial score (nSPS) is 18.1. The van der Waals surface area contributed by atoms with Crippen LogP contribution >= 0.6 is 0 Å². The molecule has 0 aliphatic heterocycles. The van der Waals surface area contributed by atoms with E-state index in [0.717, 1.165) is 96.3 Å². The number of hydrogen-bond acceptors (Lipinski definition) is 12. The van der Waals surface area contributed by atoms with Gasteiger partial charge in [0, 0.05) is 0 Å².